The lowest BCUT2D eigenvalue weighted by Gasteiger charge is -2.17. The maximum Gasteiger partial charge on any atom is 0.417 e. The van der Waals surface area contributed by atoms with Gasteiger partial charge in [-0.2, -0.15) is 18.3 Å². The number of carbonyl (C=O) groups is 1. The fourth-order valence-corrected chi connectivity index (χ4v) is 3.06. The number of nitrogens with zero attached hydrogens (tertiary/aromatic N) is 3. The standard InChI is InChI=1S/C18H22F3N5O/c1-10(2)16-13(17(27)25-14(7-22)11-3-4-11)9-24-26(16)15-6-5-12(8-23-15)18(19,20)21/h5-6,8-11,14H,3-4,7,22H2,1-2H3,(H,25,27). The van der Waals surface area contributed by atoms with Gasteiger partial charge in [-0.05, 0) is 36.8 Å². The number of rotatable bonds is 6. The minimum absolute atomic E-state index is 0.0787. The Labute approximate surface area is 155 Å². The molecule has 27 heavy (non-hydrogen) atoms. The highest BCUT2D eigenvalue weighted by Crippen LogP contribution is 2.33. The van der Waals surface area contributed by atoms with Crippen LogP contribution in [0.3, 0.4) is 0 Å². The van der Waals surface area contributed by atoms with Crippen molar-refractivity contribution >= 4 is 5.91 Å². The van der Waals surface area contributed by atoms with E-state index < -0.39 is 11.7 Å². The summed E-state index contributed by atoms with van der Waals surface area (Å²) in [6, 6.07) is 2.12. The van der Waals surface area contributed by atoms with Crippen molar-refractivity contribution in [1.29, 1.82) is 0 Å². The third-order valence-electron chi connectivity index (χ3n) is 4.65. The second-order valence-electron chi connectivity index (χ2n) is 7.07. The number of halogens is 3. The summed E-state index contributed by atoms with van der Waals surface area (Å²) in [5.74, 6) is 0.269. The summed E-state index contributed by atoms with van der Waals surface area (Å²) in [5.41, 5.74) is 5.88. The molecule has 6 nitrogen and oxygen atoms in total. The van der Waals surface area contributed by atoms with E-state index in [2.05, 4.69) is 15.4 Å². The normalized spacial score (nSPS) is 15.8. The molecular formula is C18H22F3N5O. The SMILES string of the molecule is CC(C)c1c(C(=O)NC(CN)C2CC2)cnn1-c1ccc(C(F)(F)F)cn1. The van der Waals surface area contributed by atoms with Gasteiger partial charge < -0.3 is 11.1 Å². The summed E-state index contributed by atoms with van der Waals surface area (Å²) >= 11 is 0. The van der Waals surface area contributed by atoms with Crippen molar-refractivity contribution in [3.05, 3.63) is 41.3 Å². The van der Waals surface area contributed by atoms with E-state index in [0.29, 0.717) is 23.7 Å². The van der Waals surface area contributed by atoms with Gasteiger partial charge >= 0.3 is 6.18 Å². The number of amides is 1. The average molecular weight is 381 g/mol. The van der Waals surface area contributed by atoms with E-state index in [0.717, 1.165) is 25.1 Å². The number of alkyl halides is 3. The zero-order valence-electron chi connectivity index (χ0n) is 15.1. The average Bonchev–Trinajstić information content (AvgIpc) is 3.35. The Balaban J connectivity index is 1.90. The predicted molar refractivity (Wildman–Crippen MR) is 93.5 cm³/mol. The largest absolute Gasteiger partial charge is 0.417 e. The maximum absolute atomic E-state index is 12.7. The highest BCUT2D eigenvalue weighted by atomic mass is 19.4. The first-order chi connectivity index (χ1) is 12.7. The van der Waals surface area contributed by atoms with Crippen molar-refractivity contribution in [3.8, 4) is 5.82 Å². The molecule has 0 saturated heterocycles. The van der Waals surface area contributed by atoms with Gasteiger partial charge in [0, 0.05) is 18.8 Å². The van der Waals surface area contributed by atoms with Gasteiger partial charge in [0.2, 0.25) is 0 Å². The Kier molecular flexibility index (Phi) is 5.23. The van der Waals surface area contributed by atoms with Gasteiger partial charge in [-0.1, -0.05) is 13.8 Å². The number of hydrogen-bond acceptors (Lipinski definition) is 4. The Bertz CT molecular complexity index is 809. The lowest BCUT2D eigenvalue weighted by atomic mass is 10.0. The van der Waals surface area contributed by atoms with Crippen LogP contribution in [0.5, 0.6) is 0 Å². The lowest BCUT2D eigenvalue weighted by molar-refractivity contribution is -0.137. The molecule has 1 aliphatic carbocycles. The molecule has 0 radical (unpaired) electrons. The third kappa shape index (κ3) is 4.13. The van der Waals surface area contributed by atoms with Crippen molar-refractivity contribution in [1.82, 2.24) is 20.1 Å². The molecule has 0 spiro atoms. The molecule has 2 aromatic heterocycles. The molecule has 0 bridgehead atoms. The van der Waals surface area contributed by atoms with Crippen LogP contribution in [-0.4, -0.2) is 33.3 Å². The fourth-order valence-electron chi connectivity index (χ4n) is 3.06. The molecule has 0 aromatic carbocycles. The molecule has 3 N–H and O–H groups in total. The van der Waals surface area contributed by atoms with Gasteiger partial charge in [-0.15, -0.1) is 0 Å². The molecule has 1 saturated carbocycles. The molecule has 1 amide bonds. The molecule has 2 heterocycles. The molecule has 1 fully saturated rings. The molecule has 2 aromatic rings. The maximum atomic E-state index is 12.7. The van der Waals surface area contributed by atoms with Crippen LogP contribution in [0.15, 0.2) is 24.5 Å². The van der Waals surface area contributed by atoms with E-state index >= 15 is 0 Å². The van der Waals surface area contributed by atoms with Gasteiger partial charge in [0.05, 0.1) is 23.0 Å². The minimum atomic E-state index is -4.46. The Hall–Kier alpha value is -2.42. The van der Waals surface area contributed by atoms with Crippen LogP contribution < -0.4 is 11.1 Å². The van der Waals surface area contributed by atoms with E-state index in [9.17, 15) is 18.0 Å². The number of hydrogen-bond donors (Lipinski definition) is 2. The second-order valence-corrected chi connectivity index (χ2v) is 7.07. The quantitative estimate of drug-likeness (QED) is 0.806. The summed E-state index contributed by atoms with van der Waals surface area (Å²) < 4.78 is 39.6. The van der Waals surface area contributed by atoms with Gasteiger partial charge in [0.25, 0.3) is 5.91 Å². The van der Waals surface area contributed by atoms with Crippen LogP contribution in [0.25, 0.3) is 5.82 Å². The first kappa shape index (κ1) is 19.3. The topological polar surface area (TPSA) is 85.8 Å². The molecule has 1 atom stereocenters. The van der Waals surface area contributed by atoms with E-state index in [-0.39, 0.29) is 23.7 Å². The molecule has 146 valence electrons. The predicted octanol–water partition coefficient (Wildman–Crippen LogP) is 2.88. The summed E-state index contributed by atoms with van der Waals surface area (Å²) in [4.78, 5) is 16.6. The van der Waals surface area contributed by atoms with Crippen molar-refractivity contribution < 1.29 is 18.0 Å². The van der Waals surface area contributed by atoms with Crippen LogP contribution in [0.1, 0.15) is 54.2 Å². The monoisotopic (exact) mass is 381 g/mol. The van der Waals surface area contributed by atoms with Crippen LogP contribution >= 0.6 is 0 Å². The van der Waals surface area contributed by atoms with Crippen molar-refractivity contribution in [3.63, 3.8) is 0 Å². The molecular weight excluding hydrogens is 359 g/mol. The third-order valence-corrected chi connectivity index (χ3v) is 4.65. The van der Waals surface area contributed by atoms with E-state index in [4.69, 9.17) is 5.73 Å². The zero-order chi connectivity index (χ0) is 19.8. The van der Waals surface area contributed by atoms with Gasteiger partial charge in [-0.3, -0.25) is 4.79 Å². The second kappa shape index (κ2) is 7.30. The summed E-state index contributed by atoms with van der Waals surface area (Å²) in [6.07, 6.45) is -0.174. The first-order valence-corrected chi connectivity index (χ1v) is 8.84. The molecule has 9 heteroatoms. The summed E-state index contributed by atoms with van der Waals surface area (Å²) in [7, 11) is 0. The van der Waals surface area contributed by atoms with Crippen LogP contribution in [-0.2, 0) is 6.18 Å². The highest BCUT2D eigenvalue weighted by molar-refractivity contribution is 5.95. The van der Waals surface area contributed by atoms with Gasteiger partial charge in [0.1, 0.15) is 0 Å². The van der Waals surface area contributed by atoms with Crippen molar-refractivity contribution in [2.75, 3.05) is 6.54 Å². The van der Waals surface area contributed by atoms with E-state index in [1.807, 2.05) is 13.8 Å². The minimum Gasteiger partial charge on any atom is -0.348 e. The Morgan fingerprint density at radius 2 is 2.04 bits per heavy atom. The molecule has 1 unspecified atom stereocenters. The number of aromatic nitrogens is 3. The van der Waals surface area contributed by atoms with Crippen LogP contribution in [0.2, 0.25) is 0 Å². The number of carbonyl (C=O) groups excluding carboxylic acids is 1. The summed E-state index contributed by atoms with van der Waals surface area (Å²) in [6.45, 7) is 4.13. The fraction of sp³-hybridized carbons (Fsp3) is 0.500. The zero-order valence-corrected chi connectivity index (χ0v) is 15.1. The smallest absolute Gasteiger partial charge is 0.348 e. The Morgan fingerprint density at radius 1 is 1.33 bits per heavy atom. The number of pyridine rings is 1. The Morgan fingerprint density at radius 3 is 2.52 bits per heavy atom. The van der Waals surface area contributed by atoms with Crippen molar-refractivity contribution in [2.45, 2.75) is 44.8 Å². The highest BCUT2D eigenvalue weighted by Gasteiger charge is 2.33. The molecule has 3 rings (SSSR count). The first-order valence-electron chi connectivity index (χ1n) is 8.84. The van der Waals surface area contributed by atoms with Crippen LogP contribution in [0, 0.1) is 5.92 Å². The number of nitrogens with one attached hydrogen (secondary N) is 1. The van der Waals surface area contributed by atoms with Crippen LogP contribution in [0.4, 0.5) is 13.2 Å². The molecule has 1 aliphatic rings. The summed E-state index contributed by atoms with van der Waals surface area (Å²) in [5, 5.41) is 7.14. The lowest BCUT2D eigenvalue weighted by Crippen LogP contribution is -2.42. The molecule has 0 aliphatic heterocycles. The van der Waals surface area contributed by atoms with Gasteiger partial charge in [0.15, 0.2) is 5.82 Å². The van der Waals surface area contributed by atoms with Gasteiger partial charge in [-0.25, -0.2) is 9.67 Å². The van der Waals surface area contributed by atoms with E-state index in [1.165, 1.54) is 16.9 Å². The number of nitrogens with two attached hydrogens (primary N) is 1. The van der Waals surface area contributed by atoms with Crippen molar-refractivity contribution in [2.24, 2.45) is 11.7 Å². The van der Waals surface area contributed by atoms with E-state index in [1.54, 1.807) is 0 Å².